The molecule has 0 radical (unpaired) electrons. The molecule has 1 aliphatic carbocycles. The van der Waals surface area contributed by atoms with Crippen LogP contribution in [-0.2, 0) is 11.2 Å². The van der Waals surface area contributed by atoms with E-state index in [4.69, 9.17) is 4.74 Å². The molecule has 0 aromatic heterocycles. The van der Waals surface area contributed by atoms with Crippen molar-refractivity contribution in [2.75, 3.05) is 6.61 Å². The second-order valence-electron chi connectivity index (χ2n) is 5.99. The van der Waals surface area contributed by atoms with Gasteiger partial charge >= 0.3 is 5.97 Å². The molecular formula is C16H20O4. The highest BCUT2D eigenvalue weighted by Gasteiger charge is 2.52. The van der Waals surface area contributed by atoms with Gasteiger partial charge in [-0.15, -0.1) is 0 Å². The van der Waals surface area contributed by atoms with E-state index in [1.165, 1.54) is 0 Å². The van der Waals surface area contributed by atoms with Crippen LogP contribution in [0.5, 0.6) is 5.75 Å². The number of aliphatic hydroxyl groups is 1. The molecule has 1 aromatic carbocycles. The molecular weight excluding hydrogens is 256 g/mol. The Morgan fingerprint density at radius 3 is 2.75 bits per heavy atom. The maximum Gasteiger partial charge on any atom is 0.313 e. The Labute approximate surface area is 118 Å². The van der Waals surface area contributed by atoms with Gasteiger partial charge in [0.2, 0.25) is 0 Å². The Hall–Kier alpha value is -1.55. The second-order valence-corrected chi connectivity index (χ2v) is 5.99. The van der Waals surface area contributed by atoms with Gasteiger partial charge < -0.3 is 14.9 Å². The molecule has 1 aromatic rings. The zero-order chi connectivity index (χ0) is 14.2. The first-order valence-corrected chi connectivity index (χ1v) is 7.26. The van der Waals surface area contributed by atoms with Crippen molar-refractivity contribution in [2.24, 2.45) is 11.3 Å². The fraction of sp³-hybridized carbons (Fsp3) is 0.562. The van der Waals surface area contributed by atoms with Crippen LogP contribution in [0.15, 0.2) is 24.3 Å². The zero-order valence-electron chi connectivity index (χ0n) is 11.4. The highest BCUT2D eigenvalue weighted by molar-refractivity contribution is 5.76. The molecule has 1 heterocycles. The van der Waals surface area contributed by atoms with Crippen LogP contribution in [0.1, 0.15) is 31.2 Å². The van der Waals surface area contributed by atoms with Crippen LogP contribution in [0, 0.1) is 11.3 Å². The average molecular weight is 276 g/mol. The van der Waals surface area contributed by atoms with E-state index in [-0.39, 0.29) is 12.5 Å². The smallest absolute Gasteiger partial charge is 0.313 e. The third-order valence-corrected chi connectivity index (χ3v) is 4.83. The van der Waals surface area contributed by atoms with E-state index in [9.17, 15) is 15.0 Å². The van der Waals surface area contributed by atoms with Crippen LogP contribution in [0.3, 0.4) is 0 Å². The minimum Gasteiger partial charge on any atom is -0.492 e. The quantitative estimate of drug-likeness (QED) is 0.869. The van der Waals surface area contributed by atoms with Gasteiger partial charge in [0.05, 0.1) is 6.10 Å². The molecule has 2 N–H and O–H groups in total. The minimum absolute atomic E-state index is 0.154. The monoisotopic (exact) mass is 276 g/mol. The first-order chi connectivity index (χ1) is 9.63. The number of ether oxygens (including phenoxy) is 1. The van der Waals surface area contributed by atoms with Gasteiger partial charge in [-0.1, -0.05) is 31.0 Å². The van der Waals surface area contributed by atoms with Gasteiger partial charge in [-0.25, -0.2) is 0 Å². The van der Waals surface area contributed by atoms with Crippen molar-refractivity contribution < 1.29 is 19.7 Å². The van der Waals surface area contributed by atoms with Crippen LogP contribution in [0.4, 0.5) is 0 Å². The van der Waals surface area contributed by atoms with Crippen molar-refractivity contribution in [3.63, 3.8) is 0 Å². The number of fused-ring (bicyclic) bond motifs is 1. The van der Waals surface area contributed by atoms with E-state index < -0.39 is 17.5 Å². The van der Waals surface area contributed by atoms with Gasteiger partial charge in [-0.3, -0.25) is 4.79 Å². The zero-order valence-corrected chi connectivity index (χ0v) is 11.4. The Kier molecular flexibility index (Phi) is 3.42. The normalized spacial score (nSPS) is 33.0. The number of rotatable bonds is 2. The number of aliphatic carboxylic acids is 1. The summed E-state index contributed by atoms with van der Waals surface area (Å²) in [5.41, 5.74) is -0.0623. The summed E-state index contributed by atoms with van der Waals surface area (Å²) in [5, 5.41) is 20.1. The highest BCUT2D eigenvalue weighted by atomic mass is 16.5. The van der Waals surface area contributed by atoms with E-state index >= 15 is 0 Å². The van der Waals surface area contributed by atoms with Crippen molar-refractivity contribution in [1.29, 1.82) is 0 Å². The maximum absolute atomic E-state index is 11.9. The number of carbonyl (C=O) groups is 1. The first-order valence-electron chi connectivity index (χ1n) is 7.26. The molecule has 4 nitrogen and oxygen atoms in total. The molecule has 0 amide bonds. The molecule has 3 unspecified atom stereocenters. The number of carboxylic acid groups (broad SMARTS) is 1. The number of benzene rings is 1. The summed E-state index contributed by atoms with van der Waals surface area (Å²) in [7, 11) is 0. The van der Waals surface area contributed by atoms with Gasteiger partial charge in [-0.2, -0.15) is 0 Å². The van der Waals surface area contributed by atoms with Crippen LogP contribution in [0.25, 0.3) is 0 Å². The summed E-state index contributed by atoms with van der Waals surface area (Å²) in [4.78, 5) is 11.9. The summed E-state index contributed by atoms with van der Waals surface area (Å²) in [6.45, 7) is 0.154. The molecule has 108 valence electrons. The minimum atomic E-state index is -0.992. The van der Waals surface area contributed by atoms with E-state index in [1.54, 1.807) is 0 Å². The molecule has 1 fully saturated rings. The van der Waals surface area contributed by atoms with E-state index in [0.717, 1.165) is 30.6 Å². The average Bonchev–Trinajstić information content (AvgIpc) is 2.47. The predicted octanol–water partition coefficient (Wildman–Crippen LogP) is 2.24. The van der Waals surface area contributed by atoms with Crippen LogP contribution in [0.2, 0.25) is 0 Å². The van der Waals surface area contributed by atoms with Crippen molar-refractivity contribution in [2.45, 2.75) is 38.2 Å². The fourth-order valence-corrected chi connectivity index (χ4v) is 3.68. The largest absolute Gasteiger partial charge is 0.492 e. The standard InChI is InChI=1S/C16H20O4/c17-13-7-3-2-6-12(13)16(15(18)19)9-11-5-1-4-8-14(11)20-10-16/h1,4-5,8,12-13,17H,2-3,6-7,9-10H2,(H,18,19). The molecule has 2 aliphatic rings. The van der Waals surface area contributed by atoms with E-state index in [2.05, 4.69) is 0 Å². The number of hydrogen-bond acceptors (Lipinski definition) is 3. The van der Waals surface area contributed by atoms with Gasteiger partial charge in [0.15, 0.2) is 0 Å². The Morgan fingerprint density at radius 2 is 2.00 bits per heavy atom. The third kappa shape index (κ3) is 2.08. The highest BCUT2D eigenvalue weighted by Crippen LogP contribution is 2.45. The van der Waals surface area contributed by atoms with E-state index in [1.807, 2.05) is 24.3 Å². The Morgan fingerprint density at radius 1 is 1.25 bits per heavy atom. The summed E-state index contributed by atoms with van der Waals surface area (Å²) >= 11 is 0. The topological polar surface area (TPSA) is 66.8 Å². The van der Waals surface area contributed by atoms with Crippen LogP contribution < -0.4 is 4.74 Å². The molecule has 0 saturated heterocycles. The molecule has 1 aliphatic heterocycles. The lowest BCUT2D eigenvalue weighted by Crippen LogP contribution is -2.52. The van der Waals surface area contributed by atoms with Crippen molar-refractivity contribution in [3.05, 3.63) is 29.8 Å². The Bertz CT molecular complexity index is 513. The van der Waals surface area contributed by atoms with E-state index in [0.29, 0.717) is 12.8 Å². The molecule has 3 rings (SSSR count). The maximum atomic E-state index is 11.9. The number of aliphatic hydroxyl groups excluding tert-OH is 1. The third-order valence-electron chi connectivity index (χ3n) is 4.83. The van der Waals surface area contributed by atoms with Gasteiger partial charge in [0.25, 0.3) is 0 Å². The predicted molar refractivity (Wildman–Crippen MR) is 73.7 cm³/mol. The molecule has 1 saturated carbocycles. The van der Waals surface area contributed by atoms with Crippen molar-refractivity contribution in [1.82, 2.24) is 0 Å². The lowest BCUT2D eigenvalue weighted by Gasteiger charge is -2.44. The van der Waals surface area contributed by atoms with Crippen molar-refractivity contribution in [3.8, 4) is 5.75 Å². The second kappa shape index (κ2) is 5.09. The molecule has 0 bridgehead atoms. The summed E-state index contributed by atoms with van der Waals surface area (Å²) in [6.07, 6.45) is 3.33. The lowest BCUT2D eigenvalue weighted by molar-refractivity contribution is -0.162. The molecule has 20 heavy (non-hydrogen) atoms. The number of para-hydroxylation sites is 1. The first kappa shape index (κ1) is 13.4. The SMILES string of the molecule is O=C(O)C1(C2CCCCC2O)COc2ccccc2C1. The van der Waals surface area contributed by atoms with Gasteiger partial charge in [0, 0.05) is 5.92 Å². The summed E-state index contributed by atoms with van der Waals surface area (Å²) < 4.78 is 5.71. The van der Waals surface area contributed by atoms with Gasteiger partial charge in [-0.05, 0) is 30.9 Å². The molecule has 3 atom stereocenters. The lowest BCUT2D eigenvalue weighted by atomic mass is 9.64. The summed E-state index contributed by atoms with van der Waals surface area (Å²) in [6, 6.07) is 7.58. The van der Waals surface area contributed by atoms with Gasteiger partial charge in [0.1, 0.15) is 17.8 Å². The van der Waals surface area contributed by atoms with Crippen LogP contribution >= 0.6 is 0 Å². The Balaban J connectivity index is 1.96. The number of carboxylic acids is 1. The van der Waals surface area contributed by atoms with Crippen molar-refractivity contribution >= 4 is 5.97 Å². The number of hydrogen-bond donors (Lipinski definition) is 2. The van der Waals surface area contributed by atoms with Crippen LogP contribution in [-0.4, -0.2) is 28.9 Å². The summed E-state index contributed by atoms with van der Waals surface area (Å²) in [5.74, 6) is -0.297. The fourth-order valence-electron chi connectivity index (χ4n) is 3.68. The molecule has 0 spiro atoms. The molecule has 4 heteroatoms.